The minimum atomic E-state index is 0.395. The van der Waals surface area contributed by atoms with Gasteiger partial charge in [0, 0.05) is 19.1 Å². The summed E-state index contributed by atoms with van der Waals surface area (Å²) in [7, 11) is 3.80. The molecule has 19 heavy (non-hydrogen) atoms. The van der Waals surface area contributed by atoms with Crippen LogP contribution in [0.1, 0.15) is 12.5 Å². The fraction of sp³-hybridized carbons (Fsp3) is 0.375. The third kappa shape index (κ3) is 3.25. The Bertz CT molecular complexity index is 553. The van der Waals surface area contributed by atoms with Crippen LogP contribution in [-0.4, -0.2) is 31.6 Å². The van der Waals surface area contributed by atoms with Crippen molar-refractivity contribution in [2.45, 2.75) is 19.5 Å². The zero-order valence-electron chi connectivity index (χ0n) is 11.9. The van der Waals surface area contributed by atoms with E-state index in [2.05, 4.69) is 49.2 Å². The van der Waals surface area contributed by atoms with E-state index in [9.17, 15) is 0 Å². The highest BCUT2D eigenvalue weighted by Crippen LogP contribution is 2.22. The summed E-state index contributed by atoms with van der Waals surface area (Å²) in [5.74, 6) is 0.897. The molecule has 0 aromatic heterocycles. The SMILES string of the molecule is COc1ccc2cc(CN(C)C(C)CN)ccc2c1. The average molecular weight is 258 g/mol. The highest BCUT2D eigenvalue weighted by atomic mass is 16.5. The maximum atomic E-state index is 5.69. The lowest BCUT2D eigenvalue weighted by molar-refractivity contribution is 0.255. The maximum Gasteiger partial charge on any atom is 0.119 e. The van der Waals surface area contributed by atoms with Crippen LogP contribution in [0, 0.1) is 0 Å². The van der Waals surface area contributed by atoms with Crippen LogP contribution in [0.25, 0.3) is 10.8 Å². The number of ether oxygens (including phenoxy) is 1. The Kier molecular flexibility index (Phi) is 4.40. The van der Waals surface area contributed by atoms with Gasteiger partial charge in [-0.3, -0.25) is 4.90 Å². The average Bonchev–Trinajstić information content (AvgIpc) is 2.45. The molecule has 0 fully saturated rings. The van der Waals surface area contributed by atoms with Crippen LogP contribution in [0.4, 0.5) is 0 Å². The molecule has 0 saturated carbocycles. The zero-order chi connectivity index (χ0) is 13.8. The van der Waals surface area contributed by atoms with Crippen LogP contribution < -0.4 is 10.5 Å². The van der Waals surface area contributed by atoms with Crippen LogP contribution in [0.3, 0.4) is 0 Å². The highest BCUT2D eigenvalue weighted by Gasteiger charge is 2.08. The first-order valence-corrected chi connectivity index (χ1v) is 6.61. The van der Waals surface area contributed by atoms with Crippen molar-refractivity contribution in [1.29, 1.82) is 0 Å². The molecule has 2 aromatic carbocycles. The van der Waals surface area contributed by atoms with Crippen molar-refractivity contribution in [3.05, 3.63) is 42.0 Å². The fourth-order valence-corrected chi connectivity index (χ4v) is 2.12. The van der Waals surface area contributed by atoms with E-state index in [1.807, 2.05) is 6.07 Å². The van der Waals surface area contributed by atoms with Gasteiger partial charge < -0.3 is 10.5 Å². The molecule has 1 atom stereocenters. The van der Waals surface area contributed by atoms with Gasteiger partial charge in [0.1, 0.15) is 5.75 Å². The molecule has 1 unspecified atom stereocenters. The number of methoxy groups -OCH3 is 1. The van der Waals surface area contributed by atoms with Gasteiger partial charge in [0.25, 0.3) is 0 Å². The van der Waals surface area contributed by atoms with Gasteiger partial charge in [0.2, 0.25) is 0 Å². The minimum absolute atomic E-state index is 0.395. The fourth-order valence-electron chi connectivity index (χ4n) is 2.12. The largest absolute Gasteiger partial charge is 0.497 e. The Balaban J connectivity index is 2.22. The summed E-state index contributed by atoms with van der Waals surface area (Å²) in [6.07, 6.45) is 0. The molecular weight excluding hydrogens is 236 g/mol. The summed E-state index contributed by atoms with van der Waals surface area (Å²) in [6, 6.07) is 13.1. The highest BCUT2D eigenvalue weighted by molar-refractivity contribution is 5.84. The molecule has 0 aliphatic carbocycles. The Morgan fingerprint density at radius 2 is 1.84 bits per heavy atom. The van der Waals surface area contributed by atoms with Crippen LogP contribution in [0.5, 0.6) is 5.75 Å². The number of nitrogens with two attached hydrogens (primary N) is 1. The van der Waals surface area contributed by atoms with E-state index in [0.717, 1.165) is 12.3 Å². The molecular formula is C16H22N2O. The van der Waals surface area contributed by atoms with E-state index in [4.69, 9.17) is 10.5 Å². The lowest BCUT2D eigenvalue weighted by Crippen LogP contribution is -2.34. The van der Waals surface area contributed by atoms with Gasteiger partial charge in [0.15, 0.2) is 0 Å². The Hall–Kier alpha value is -1.58. The first kappa shape index (κ1) is 13.8. The van der Waals surface area contributed by atoms with E-state index in [-0.39, 0.29) is 0 Å². The third-order valence-corrected chi connectivity index (χ3v) is 3.64. The molecule has 0 spiro atoms. The predicted molar refractivity (Wildman–Crippen MR) is 80.5 cm³/mol. The first-order valence-electron chi connectivity index (χ1n) is 6.61. The van der Waals surface area contributed by atoms with Gasteiger partial charge in [-0.1, -0.05) is 18.2 Å². The molecule has 0 saturated heterocycles. The van der Waals surface area contributed by atoms with Gasteiger partial charge in [-0.05, 0) is 48.5 Å². The van der Waals surface area contributed by atoms with Crippen LogP contribution in [0.2, 0.25) is 0 Å². The number of hydrogen-bond acceptors (Lipinski definition) is 3. The predicted octanol–water partition coefficient (Wildman–Crippen LogP) is 2.63. The Labute approximate surface area is 115 Å². The number of fused-ring (bicyclic) bond motifs is 1. The van der Waals surface area contributed by atoms with Gasteiger partial charge in [-0.2, -0.15) is 0 Å². The number of nitrogens with zero attached hydrogens (tertiary/aromatic N) is 1. The van der Waals surface area contributed by atoms with Crippen molar-refractivity contribution in [3.8, 4) is 5.75 Å². The number of hydrogen-bond donors (Lipinski definition) is 1. The topological polar surface area (TPSA) is 38.5 Å². The van der Waals surface area contributed by atoms with Crippen molar-refractivity contribution in [3.63, 3.8) is 0 Å². The molecule has 102 valence electrons. The molecule has 0 aliphatic rings. The van der Waals surface area contributed by atoms with E-state index in [1.54, 1.807) is 7.11 Å². The molecule has 3 nitrogen and oxygen atoms in total. The van der Waals surface area contributed by atoms with Crippen LogP contribution in [-0.2, 0) is 6.54 Å². The molecule has 0 heterocycles. The summed E-state index contributed by atoms with van der Waals surface area (Å²) in [5.41, 5.74) is 7.00. The summed E-state index contributed by atoms with van der Waals surface area (Å²) in [5, 5.41) is 2.45. The third-order valence-electron chi connectivity index (χ3n) is 3.64. The zero-order valence-corrected chi connectivity index (χ0v) is 11.9. The number of likely N-dealkylation sites (N-methyl/N-ethyl adjacent to an activating group) is 1. The number of rotatable bonds is 5. The smallest absolute Gasteiger partial charge is 0.119 e. The van der Waals surface area contributed by atoms with Gasteiger partial charge >= 0.3 is 0 Å². The molecule has 3 heteroatoms. The molecule has 0 aliphatic heterocycles. The quantitative estimate of drug-likeness (QED) is 0.896. The second-order valence-electron chi connectivity index (χ2n) is 5.05. The lowest BCUT2D eigenvalue weighted by Gasteiger charge is -2.23. The van der Waals surface area contributed by atoms with Gasteiger partial charge in [-0.15, -0.1) is 0 Å². The standard InChI is InChI=1S/C16H22N2O/c1-12(10-17)18(2)11-13-4-5-15-9-16(19-3)7-6-14(15)8-13/h4-9,12H,10-11,17H2,1-3H3. The van der Waals surface area contributed by atoms with Crippen molar-refractivity contribution in [1.82, 2.24) is 4.90 Å². The minimum Gasteiger partial charge on any atom is -0.497 e. The first-order chi connectivity index (χ1) is 9.13. The van der Waals surface area contributed by atoms with Crippen LogP contribution >= 0.6 is 0 Å². The number of benzene rings is 2. The summed E-state index contributed by atoms with van der Waals surface area (Å²) >= 11 is 0. The molecule has 2 N–H and O–H groups in total. The molecule has 0 radical (unpaired) electrons. The molecule has 2 aromatic rings. The van der Waals surface area contributed by atoms with Gasteiger partial charge in [-0.25, -0.2) is 0 Å². The van der Waals surface area contributed by atoms with Gasteiger partial charge in [0.05, 0.1) is 7.11 Å². The maximum absolute atomic E-state index is 5.69. The molecule has 0 bridgehead atoms. The second-order valence-corrected chi connectivity index (χ2v) is 5.05. The van der Waals surface area contributed by atoms with Crippen molar-refractivity contribution in [2.24, 2.45) is 5.73 Å². The van der Waals surface area contributed by atoms with E-state index < -0.39 is 0 Å². The normalized spacial score (nSPS) is 12.9. The summed E-state index contributed by atoms with van der Waals surface area (Å²) < 4.78 is 5.24. The summed E-state index contributed by atoms with van der Waals surface area (Å²) in [4.78, 5) is 2.27. The van der Waals surface area contributed by atoms with Crippen molar-refractivity contribution < 1.29 is 4.74 Å². The second kappa shape index (κ2) is 6.04. The summed E-state index contributed by atoms with van der Waals surface area (Å²) in [6.45, 7) is 3.74. The Morgan fingerprint density at radius 1 is 1.16 bits per heavy atom. The monoisotopic (exact) mass is 258 g/mol. The van der Waals surface area contributed by atoms with E-state index >= 15 is 0 Å². The Morgan fingerprint density at radius 3 is 2.53 bits per heavy atom. The van der Waals surface area contributed by atoms with Crippen molar-refractivity contribution >= 4 is 10.8 Å². The van der Waals surface area contributed by atoms with E-state index in [0.29, 0.717) is 12.6 Å². The lowest BCUT2D eigenvalue weighted by atomic mass is 10.1. The van der Waals surface area contributed by atoms with Crippen molar-refractivity contribution in [2.75, 3.05) is 20.7 Å². The van der Waals surface area contributed by atoms with Crippen LogP contribution in [0.15, 0.2) is 36.4 Å². The molecule has 2 rings (SSSR count). The van der Waals surface area contributed by atoms with E-state index in [1.165, 1.54) is 16.3 Å². The molecule has 0 amide bonds.